The van der Waals surface area contributed by atoms with E-state index in [4.69, 9.17) is 14.0 Å². The molecule has 2 aromatic heterocycles. The van der Waals surface area contributed by atoms with Crippen molar-refractivity contribution in [1.29, 1.82) is 0 Å². The largest absolute Gasteiger partial charge is 0.493 e. The molecule has 28 heavy (non-hydrogen) atoms. The molecule has 0 aliphatic rings. The molecule has 0 unspecified atom stereocenters. The van der Waals surface area contributed by atoms with Gasteiger partial charge in [-0.05, 0) is 31.0 Å². The Labute approximate surface area is 162 Å². The van der Waals surface area contributed by atoms with Crippen molar-refractivity contribution >= 4 is 17.5 Å². The third-order valence-electron chi connectivity index (χ3n) is 3.92. The van der Waals surface area contributed by atoms with Crippen LogP contribution < -0.4 is 20.1 Å². The molecule has 0 atom stereocenters. The number of carbonyl (C=O) groups excluding carboxylic acids is 1. The first-order valence-electron chi connectivity index (χ1n) is 8.60. The zero-order valence-electron chi connectivity index (χ0n) is 15.9. The van der Waals surface area contributed by atoms with Gasteiger partial charge in [-0.1, -0.05) is 11.2 Å². The Balaban J connectivity index is 1.52. The number of methoxy groups -OCH3 is 2. The van der Waals surface area contributed by atoms with Crippen LogP contribution in [0.1, 0.15) is 21.8 Å². The molecule has 146 valence electrons. The van der Waals surface area contributed by atoms with Gasteiger partial charge in [0.25, 0.3) is 5.91 Å². The van der Waals surface area contributed by atoms with E-state index in [-0.39, 0.29) is 5.69 Å². The van der Waals surface area contributed by atoms with Gasteiger partial charge in [0.1, 0.15) is 17.3 Å². The maximum atomic E-state index is 12.1. The van der Waals surface area contributed by atoms with Crippen LogP contribution in [0.4, 0.5) is 11.6 Å². The minimum absolute atomic E-state index is 0.186. The lowest BCUT2D eigenvalue weighted by atomic mass is 10.1. The van der Waals surface area contributed by atoms with Gasteiger partial charge >= 0.3 is 0 Å². The lowest BCUT2D eigenvalue weighted by molar-refractivity contribution is 0.102. The van der Waals surface area contributed by atoms with Gasteiger partial charge in [0.05, 0.1) is 26.6 Å². The molecule has 0 radical (unpaired) electrons. The standard InChI is InChI=1S/C19H21N5O4/c1-12-8-17(24-28-12)23-19(25)14-10-22-18(11-21-14)20-7-6-13-4-5-15(26-2)16(9-13)27-3/h4-5,8-11H,6-7H2,1-3H3,(H,20,22)(H,23,24,25). The number of benzene rings is 1. The van der Waals surface area contributed by atoms with E-state index in [2.05, 4.69) is 25.8 Å². The van der Waals surface area contributed by atoms with Crippen molar-refractivity contribution < 1.29 is 18.8 Å². The van der Waals surface area contributed by atoms with E-state index in [9.17, 15) is 4.79 Å². The summed E-state index contributed by atoms with van der Waals surface area (Å²) in [6.07, 6.45) is 3.67. The average Bonchev–Trinajstić information content (AvgIpc) is 3.12. The smallest absolute Gasteiger partial charge is 0.277 e. The summed E-state index contributed by atoms with van der Waals surface area (Å²) in [5.74, 6) is 2.50. The Bertz CT molecular complexity index is 940. The highest BCUT2D eigenvalue weighted by molar-refractivity contribution is 6.02. The van der Waals surface area contributed by atoms with E-state index in [1.807, 2.05) is 18.2 Å². The van der Waals surface area contributed by atoms with Crippen LogP contribution in [-0.2, 0) is 6.42 Å². The van der Waals surface area contributed by atoms with Crippen molar-refractivity contribution in [2.75, 3.05) is 31.4 Å². The molecular formula is C19H21N5O4. The van der Waals surface area contributed by atoms with Gasteiger partial charge in [-0.25, -0.2) is 9.97 Å². The molecule has 1 aromatic carbocycles. The summed E-state index contributed by atoms with van der Waals surface area (Å²) in [4.78, 5) is 20.4. The summed E-state index contributed by atoms with van der Waals surface area (Å²) in [7, 11) is 3.21. The number of amides is 1. The van der Waals surface area contributed by atoms with E-state index in [1.165, 1.54) is 12.4 Å². The highest BCUT2D eigenvalue weighted by Crippen LogP contribution is 2.27. The summed E-state index contributed by atoms with van der Waals surface area (Å²) >= 11 is 0. The van der Waals surface area contributed by atoms with Gasteiger partial charge in [0, 0.05) is 12.6 Å². The Hall–Kier alpha value is -3.62. The first kappa shape index (κ1) is 19.2. The number of aryl methyl sites for hydroxylation is 1. The monoisotopic (exact) mass is 383 g/mol. The number of carbonyl (C=O) groups is 1. The summed E-state index contributed by atoms with van der Waals surface area (Å²) in [5.41, 5.74) is 1.28. The molecule has 3 aromatic rings. The molecule has 0 aliphatic carbocycles. The van der Waals surface area contributed by atoms with Crippen molar-refractivity contribution in [2.45, 2.75) is 13.3 Å². The number of hydrogen-bond acceptors (Lipinski definition) is 8. The van der Waals surface area contributed by atoms with Gasteiger partial charge < -0.3 is 24.6 Å². The van der Waals surface area contributed by atoms with Crippen LogP contribution in [0.2, 0.25) is 0 Å². The number of anilines is 2. The van der Waals surface area contributed by atoms with Gasteiger partial charge in [0.2, 0.25) is 0 Å². The number of nitrogens with one attached hydrogen (secondary N) is 2. The summed E-state index contributed by atoms with van der Waals surface area (Å²) < 4.78 is 15.4. The average molecular weight is 383 g/mol. The Morgan fingerprint density at radius 2 is 1.89 bits per heavy atom. The maximum Gasteiger partial charge on any atom is 0.277 e. The molecule has 0 saturated carbocycles. The quantitative estimate of drug-likeness (QED) is 0.611. The van der Waals surface area contributed by atoms with Crippen molar-refractivity contribution in [1.82, 2.24) is 15.1 Å². The molecule has 9 heteroatoms. The molecule has 9 nitrogen and oxygen atoms in total. The Morgan fingerprint density at radius 3 is 2.54 bits per heavy atom. The van der Waals surface area contributed by atoms with Crippen LogP contribution in [0.15, 0.2) is 41.2 Å². The Kier molecular flexibility index (Phi) is 6.05. The maximum absolute atomic E-state index is 12.1. The second-order valence-corrected chi connectivity index (χ2v) is 5.93. The van der Waals surface area contributed by atoms with Gasteiger partial charge in [0.15, 0.2) is 17.3 Å². The van der Waals surface area contributed by atoms with Crippen molar-refractivity contribution in [3.63, 3.8) is 0 Å². The van der Waals surface area contributed by atoms with Crippen LogP contribution in [0.5, 0.6) is 11.5 Å². The highest BCUT2D eigenvalue weighted by Gasteiger charge is 2.11. The number of aromatic nitrogens is 3. The van der Waals surface area contributed by atoms with Crippen LogP contribution in [0.3, 0.4) is 0 Å². The van der Waals surface area contributed by atoms with Crippen LogP contribution in [0.25, 0.3) is 0 Å². The number of ether oxygens (including phenoxy) is 2. The van der Waals surface area contributed by atoms with E-state index in [0.717, 1.165) is 12.0 Å². The zero-order valence-corrected chi connectivity index (χ0v) is 15.9. The SMILES string of the molecule is COc1ccc(CCNc2cnc(C(=O)Nc3cc(C)on3)cn2)cc1OC. The summed E-state index contributed by atoms with van der Waals surface area (Å²) in [6.45, 7) is 2.39. The minimum atomic E-state index is -0.405. The van der Waals surface area contributed by atoms with E-state index in [0.29, 0.717) is 35.4 Å². The first-order valence-corrected chi connectivity index (χ1v) is 8.60. The van der Waals surface area contributed by atoms with E-state index >= 15 is 0 Å². The van der Waals surface area contributed by atoms with Crippen molar-refractivity contribution in [3.8, 4) is 11.5 Å². The predicted octanol–water partition coefficient (Wildman–Crippen LogP) is 2.70. The molecule has 0 fully saturated rings. The second kappa shape index (κ2) is 8.85. The fraction of sp³-hybridized carbons (Fsp3) is 0.263. The minimum Gasteiger partial charge on any atom is -0.493 e. The molecule has 3 rings (SSSR count). The predicted molar refractivity (Wildman–Crippen MR) is 103 cm³/mol. The van der Waals surface area contributed by atoms with E-state index in [1.54, 1.807) is 27.2 Å². The fourth-order valence-corrected chi connectivity index (χ4v) is 2.51. The third-order valence-corrected chi connectivity index (χ3v) is 3.92. The molecular weight excluding hydrogens is 362 g/mol. The molecule has 1 amide bonds. The fourth-order valence-electron chi connectivity index (χ4n) is 2.51. The first-order chi connectivity index (χ1) is 13.6. The van der Waals surface area contributed by atoms with Gasteiger partial charge in [-0.15, -0.1) is 0 Å². The molecule has 0 bridgehead atoms. The molecule has 0 saturated heterocycles. The van der Waals surface area contributed by atoms with Gasteiger partial charge in [-0.2, -0.15) is 0 Å². The summed E-state index contributed by atoms with van der Waals surface area (Å²) in [6, 6.07) is 7.41. The van der Waals surface area contributed by atoms with Gasteiger partial charge in [-0.3, -0.25) is 4.79 Å². The molecule has 2 heterocycles. The summed E-state index contributed by atoms with van der Waals surface area (Å²) in [5, 5.41) is 9.48. The second-order valence-electron chi connectivity index (χ2n) is 5.93. The number of hydrogen-bond donors (Lipinski definition) is 2. The lowest BCUT2D eigenvalue weighted by Crippen LogP contribution is -2.15. The normalized spacial score (nSPS) is 10.4. The van der Waals surface area contributed by atoms with Crippen LogP contribution in [0, 0.1) is 6.92 Å². The zero-order chi connectivity index (χ0) is 19.9. The van der Waals surface area contributed by atoms with Crippen molar-refractivity contribution in [3.05, 3.63) is 53.7 Å². The van der Waals surface area contributed by atoms with Crippen LogP contribution in [-0.4, -0.2) is 41.8 Å². The molecule has 0 spiro atoms. The number of nitrogens with zero attached hydrogens (tertiary/aromatic N) is 3. The molecule has 0 aliphatic heterocycles. The topological polar surface area (TPSA) is 111 Å². The van der Waals surface area contributed by atoms with Crippen molar-refractivity contribution in [2.24, 2.45) is 0 Å². The highest BCUT2D eigenvalue weighted by atomic mass is 16.5. The molecule has 2 N–H and O–H groups in total. The van der Waals surface area contributed by atoms with Crippen LogP contribution >= 0.6 is 0 Å². The third kappa shape index (κ3) is 4.76. The Morgan fingerprint density at radius 1 is 1.07 bits per heavy atom. The number of rotatable bonds is 8. The lowest BCUT2D eigenvalue weighted by Gasteiger charge is -2.10. The van der Waals surface area contributed by atoms with E-state index < -0.39 is 5.91 Å².